The van der Waals surface area contributed by atoms with E-state index in [0.717, 1.165) is 24.3 Å². The maximum absolute atomic E-state index is 12.1. The predicted octanol–water partition coefficient (Wildman–Crippen LogP) is 1.80. The Balaban J connectivity index is 2.27. The highest BCUT2D eigenvalue weighted by atomic mass is 32.2. The van der Waals surface area contributed by atoms with Gasteiger partial charge in [0.15, 0.2) is 0 Å². The number of pyridine rings is 1. The number of nitrogens with zero attached hydrogens (tertiary/aromatic N) is 2. The van der Waals surface area contributed by atoms with Crippen LogP contribution in [0.25, 0.3) is 0 Å². The molecule has 0 aliphatic heterocycles. The third kappa shape index (κ3) is 3.45. The fraction of sp³-hybridized carbons (Fsp3) is 0.0833. The number of anilines is 1. The molecule has 9 heteroatoms. The average Bonchev–Trinajstić information content (AvgIpc) is 2.47. The summed E-state index contributed by atoms with van der Waals surface area (Å²) in [6, 6.07) is 9.16. The van der Waals surface area contributed by atoms with Gasteiger partial charge >= 0.3 is 0 Å². The maximum atomic E-state index is 12.1. The van der Waals surface area contributed by atoms with Crippen molar-refractivity contribution in [3.8, 4) is 5.88 Å². The molecule has 0 aliphatic carbocycles. The molecule has 21 heavy (non-hydrogen) atoms. The molecule has 0 spiro atoms. The summed E-state index contributed by atoms with van der Waals surface area (Å²) in [5, 5.41) is 10.5. The Hall–Kier alpha value is -2.68. The first kappa shape index (κ1) is 14.7. The van der Waals surface area contributed by atoms with Crippen molar-refractivity contribution in [2.75, 3.05) is 11.8 Å². The van der Waals surface area contributed by atoms with Crippen LogP contribution in [0.5, 0.6) is 5.88 Å². The normalized spacial score (nSPS) is 10.9. The van der Waals surface area contributed by atoms with E-state index in [-0.39, 0.29) is 22.3 Å². The number of ether oxygens (including phenoxy) is 1. The Morgan fingerprint density at radius 1 is 1.19 bits per heavy atom. The van der Waals surface area contributed by atoms with Gasteiger partial charge in [-0.15, -0.1) is 0 Å². The number of hydrogen-bond acceptors (Lipinski definition) is 6. The SMILES string of the molecule is COc1cccc(NS(=O)(=O)c2ccc([N+](=O)[O-])cc2)n1. The molecule has 0 fully saturated rings. The van der Waals surface area contributed by atoms with E-state index < -0.39 is 14.9 Å². The van der Waals surface area contributed by atoms with Crippen LogP contribution in [0.3, 0.4) is 0 Å². The van der Waals surface area contributed by atoms with Crippen LogP contribution in [0.15, 0.2) is 47.4 Å². The summed E-state index contributed by atoms with van der Waals surface area (Å²) in [6.07, 6.45) is 0. The van der Waals surface area contributed by atoms with E-state index in [1.165, 1.54) is 13.2 Å². The number of rotatable bonds is 5. The molecule has 0 unspecified atom stereocenters. The molecule has 2 aromatic rings. The third-order valence-electron chi connectivity index (χ3n) is 2.53. The zero-order valence-electron chi connectivity index (χ0n) is 10.9. The number of non-ortho nitro benzene ring substituents is 1. The van der Waals surface area contributed by atoms with Crippen molar-refractivity contribution >= 4 is 21.5 Å². The first-order valence-electron chi connectivity index (χ1n) is 5.71. The van der Waals surface area contributed by atoms with Crippen LogP contribution in [-0.2, 0) is 10.0 Å². The highest BCUT2D eigenvalue weighted by Gasteiger charge is 2.16. The van der Waals surface area contributed by atoms with Crippen LogP contribution in [0.4, 0.5) is 11.5 Å². The molecule has 1 N–H and O–H groups in total. The van der Waals surface area contributed by atoms with Crippen molar-refractivity contribution < 1.29 is 18.1 Å². The van der Waals surface area contributed by atoms with Crippen LogP contribution < -0.4 is 9.46 Å². The molecule has 0 saturated heterocycles. The number of methoxy groups -OCH3 is 1. The van der Waals surface area contributed by atoms with Crippen LogP contribution >= 0.6 is 0 Å². The van der Waals surface area contributed by atoms with Gasteiger partial charge in [0.05, 0.1) is 16.9 Å². The van der Waals surface area contributed by atoms with Crippen molar-refractivity contribution in [2.45, 2.75) is 4.90 Å². The van der Waals surface area contributed by atoms with Gasteiger partial charge in [-0.3, -0.25) is 14.8 Å². The molecule has 1 aromatic carbocycles. The lowest BCUT2D eigenvalue weighted by Gasteiger charge is -2.08. The molecule has 0 saturated carbocycles. The van der Waals surface area contributed by atoms with Crippen molar-refractivity contribution in [2.24, 2.45) is 0 Å². The van der Waals surface area contributed by atoms with Gasteiger partial charge in [-0.1, -0.05) is 6.07 Å². The van der Waals surface area contributed by atoms with E-state index in [1.807, 2.05) is 0 Å². The average molecular weight is 309 g/mol. The Labute approximate surface area is 120 Å². The molecule has 0 aliphatic rings. The number of hydrogen-bond donors (Lipinski definition) is 1. The summed E-state index contributed by atoms with van der Waals surface area (Å²) in [4.78, 5) is 13.8. The second kappa shape index (κ2) is 5.75. The Kier molecular flexibility index (Phi) is 4.03. The predicted molar refractivity (Wildman–Crippen MR) is 74.7 cm³/mol. The van der Waals surface area contributed by atoms with Crippen LogP contribution in [-0.4, -0.2) is 25.4 Å². The second-order valence-electron chi connectivity index (χ2n) is 3.92. The molecule has 0 bridgehead atoms. The van der Waals surface area contributed by atoms with Gasteiger partial charge in [0.25, 0.3) is 15.7 Å². The zero-order valence-corrected chi connectivity index (χ0v) is 11.7. The molecule has 8 nitrogen and oxygen atoms in total. The monoisotopic (exact) mass is 309 g/mol. The summed E-state index contributed by atoms with van der Waals surface area (Å²) in [6.45, 7) is 0. The van der Waals surface area contributed by atoms with E-state index in [0.29, 0.717) is 0 Å². The molecule has 1 aromatic heterocycles. The number of aromatic nitrogens is 1. The van der Waals surface area contributed by atoms with Crippen molar-refractivity contribution in [3.63, 3.8) is 0 Å². The fourth-order valence-electron chi connectivity index (χ4n) is 1.53. The molecule has 110 valence electrons. The zero-order chi connectivity index (χ0) is 15.5. The number of nitrogens with one attached hydrogen (secondary N) is 1. The first-order chi connectivity index (χ1) is 9.92. The number of sulfonamides is 1. The first-order valence-corrected chi connectivity index (χ1v) is 7.19. The van der Waals surface area contributed by atoms with E-state index in [4.69, 9.17) is 4.74 Å². The van der Waals surface area contributed by atoms with Gasteiger partial charge in [0, 0.05) is 18.2 Å². The Morgan fingerprint density at radius 2 is 1.86 bits per heavy atom. The number of benzene rings is 1. The summed E-state index contributed by atoms with van der Waals surface area (Å²) >= 11 is 0. The third-order valence-corrected chi connectivity index (χ3v) is 3.90. The van der Waals surface area contributed by atoms with E-state index in [1.54, 1.807) is 12.1 Å². The van der Waals surface area contributed by atoms with E-state index in [9.17, 15) is 18.5 Å². The largest absolute Gasteiger partial charge is 0.481 e. The quantitative estimate of drug-likeness (QED) is 0.666. The van der Waals surface area contributed by atoms with Gasteiger partial charge in [-0.05, 0) is 18.2 Å². The van der Waals surface area contributed by atoms with Crippen molar-refractivity contribution in [1.29, 1.82) is 0 Å². The van der Waals surface area contributed by atoms with E-state index in [2.05, 4.69) is 9.71 Å². The Bertz CT molecular complexity index is 759. The summed E-state index contributed by atoms with van der Waals surface area (Å²) in [7, 11) is -2.46. The standard InChI is InChI=1S/C12H11N3O5S/c1-20-12-4-2-3-11(13-12)14-21(18,19)10-7-5-9(6-8-10)15(16)17/h2-8H,1H3,(H,13,14). The molecule has 2 rings (SSSR count). The molecule has 0 atom stereocenters. The highest BCUT2D eigenvalue weighted by Crippen LogP contribution is 2.19. The smallest absolute Gasteiger partial charge is 0.269 e. The molecular formula is C12H11N3O5S. The van der Waals surface area contributed by atoms with Gasteiger partial charge in [-0.25, -0.2) is 8.42 Å². The van der Waals surface area contributed by atoms with Crippen LogP contribution in [0.2, 0.25) is 0 Å². The van der Waals surface area contributed by atoms with Gasteiger partial charge in [-0.2, -0.15) is 4.98 Å². The molecule has 0 amide bonds. The maximum Gasteiger partial charge on any atom is 0.269 e. The highest BCUT2D eigenvalue weighted by molar-refractivity contribution is 7.92. The van der Waals surface area contributed by atoms with Crippen molar-refractivity contribution in [1.82, 2.24) is 4.98 Å². The molecular weight excluding hydrogens is 298 g/mol. The summed E-state index contributed by atoms with van der Waals surface area (Å²) < 4.78 is 31.4. The lowest BCUT2D eigenvalue weighted by Crippen LogP contribution is -2.14. The lowest BCUT2D eigenvalue weighted by molar-refractivity contribution is -0.384. The summed E-state index contributed by atoms with van der Waals surface area (Å²) in [5.41, 5.74) is -0.187. The molecule has 1 heterocycles. The van der Waals surface area contributed by atoms with Gasteiger partial charge in [0.1, 0.15) is 5.82 Å². The Morgan fingerprint density at radius 3 is 2.43 bits per heavy atom. The van der Waals surface area contributed by atoms with E-state index >= 15 is 0 Å². The minimum absolute atomic E-state index is 0.0905. The topological polar surface area (TPSA) is 111 Å². The fourth-order valence-corrected chi connectivity index (χ4v) is 2.53. The minimum atomic E-state index is -3.87. The number of nitro groups is 1. The minimum Gasteiger partial charge on any atom is -0.481 e. The molecule has 0 radical (unpaired) electrons. The van der Waals surface area contributed by atoms with Gasteiger partial charge in [0.2, 0.25) is 5.88 Å². The second-order valence-corrected chi connectivity index (χ2v) is 5.60. The summed E-state index contributed by atoms with van der Waals surface area (Å²) in [5.74, 6) is 0.353. The van der Waals surface area contributed by atoms with Crippen LogP contribution in [0, 0.1) is 10.1 Å². The van der Waals surface area contributed by atoms with Crippen molar-refractivity contribution in [3.05, 3.63) is 52.6 Å². The van der Waals surface area contributed by atoms with Crippen LogP contribution in [0.1, 0.15) is 0 Å². The van der Waals surface area contributed by atoms with Gasteiger partial charge < -0.3 is 4.74 Å². The number of nitro benzene ring substituents is 1. The lowest BCUT2D eigenvalue weighted by atomic mass is 10.3.